The minimum atomic E-state index is -4.82. The Bertz CT molecular complexity index is 969. The maximum absolute atomic E-state index is 14.7. The monoisotopic (exact) mass is 435 g/mol. The van der Waals surface area contributed by atoms with Gasteiger partial charge in [-0.25, -0.2) is 23.5 Å². The van der Waals surface area contributed by atoms with Gasteiger partial charge in [0.2, 0.25) is 11.7 Å². The number of aromatic nitrogens is 2. The van der Waals surface area contributed by atoms with E-state index >= 15 is 0 Å². The molecule has 2 aromatic rings. The number of nitrogens with zero attached hydrogens (tertiary/aromatic N) is 3. The van der Waals surface area contributed by atoms with E-state index in [-0.39, 0.29) is 17.7 Å². The highest BCUT2D eigenvalue weighted by Crippen LogP contribution is 2.35. The Balaban J connectivity index is 2.11. The van der Waals surface area contributed by atoms with Crippen LogP contribution in [0.15, 0.2) is 24.5 Å². The van der Waals surface area contributed by atoms with Gasteiger partial charge >= 0.3 is 12.2 Å². The average Bonchev–Trinajstić information content (AvgIpc) is 3.03. The van der Waals surface area contributed by atoms with Crippen LogP contribution in [0, 0.1) is 11.6 Å². The Morgan fingerprint density at radius 1 is 1.28 bits per heavy atom. The zero-order chi connectivity index (χ0) is 21.5. The molecule has 2 heterocycles. The molecule has 3 N–H and O–H groups in total. The molecule has 3 rings (SSSR count). The van der Waals surface area contributed by atoms with Gasteiger partial charge in [0.1, 0.15) is 22.7 Å². The second kappa shape index (κ2) is 7.43. The smallest absolute Gasteiger partial charge is 0.368 e. The van der Waals surface area contributed by atoms with Crippen molar-refractivity contribution in [3.8, 4) is 0 Å². The first kappa shape index (κ1) is 20.7. The standard InChI is InChI=1S/C16H11ClF5N5O2/c17-10-8(18)2-1-7(11(10)19)12(27-5-9(13(23)28)26-15(27)29)6-3-24-14(25-4-6)16(20,21)22/h1-4,9,12H,5H2,(H2,23,28)(H,26,29)/t9?,12-/m0/s1. The summed E-state index contributed by atoms with van der Waals surface area (Å²) in [7, 11) is 0. The van der Waals surface area contributed by atoms with E-state index in [1.165, 1.54) is 0 Å². The molecule has 1 aliphatic heterocycles. The van der Waals surface area contributed by atoms with Gasteiger partial charge in [-0.1, -0.05) is 17.7 Å². The minimum Gasteiger partial charge on any atom is -0.368 e. The zero-order valence-electron chi connectivity index (χ0n) is 14.2. The van der Waals surface area contributed by atoms with Gasteiger partial charge < -0.3 is 16.0 Å². The van der Waals surface area contributed by atoms with Crippen molar-refractivity contribution in [3.05, 3.63) is 58.1 Å². The number of alkyl halides is 3. The van der Waals surface area contributed by atoms with Crippen molar-refractivity contribution >= 4 is 23.5 Å². The molecule has 1 unspecified atom stereocenters. The fourth-order valence-electron chi connectivity index (χ4n) is 2.85. The highest BCUT2D eigenvalue weighted by Gasteiger charge is 2.40. The number of carbonyl (C=O) groups excluding carboxylic acids is 2. The van der Waals surface area contributed by atoms with Gasteiger partial charge in [0.05, 0.1) is 12.6 Å². The molecule has 154 valence electrons. The lowest BCUT2D eigenvalue weighted by atomic mass is 9.98. The number of halogens is 6. The number of urea groups is 1. The Hall–Kier alpha value is -3.02. The molecule has 3 amide bonds. The van der Waals surface area contributed by atoms with Crippen LogP contribution in [-0.4, -0.2) is 39.4 Å². The lowest BCUT2D eigenvalue weighted by Crippen LogP contribution is -2.39. The van der Waals surface area contributed by atoms with Crippen molar-refractivity contribution in [2.24, 2.45) is 5.73 Å². The Kier molecular flexibility index (Phi) is 5.30. The molecule has 1 aliphatic rings. The van der Waals surface area contributed by atoms with Crippen LogP contribution >= 0.6 is 11.6 Å². The fourth-order valence-corrected chi connectivity index (χ4v) is 3.02. The van der Waals surface area contributed by atoms with Crippen molar-refractivity contribution in [1.29, 1.82) is 0 Å². The number of amides is 3. The largest absolute Gasteiger partial charge is 0.451 e. The molecule has 0 bridgehead atoms. The minimum absolute atomic E-state index is 0.125. The van der Waals surface area contributed by atoms with Crippen LogP contribution in [-0.2, 0) is 11.0 Å². The first-order valence-electron chi connectivity index (χ1n) is 7.89. The van der Waals surface area contributed by atoms with E-state index in [1.807, 2.05) is 0 Å². The maximum atomic E-state index is 14.7. The summed E-state index contributed by atoms with van der Waals surface area (Å²) in [6, 6.07) is -1.57. The zero-order valence-corrected chi connectivity index (χ0v) is 14.9. The molecule has 1 fully saturated rings. The predicted octanol–water partition coefficient (Wildman–Crippen LogP) is 2.40. The van der Waals surface area contributed by atoms with Crippen LogP contribution in [0.5, 0.6) is 0 Å². The summed E-state index contributed by atoms with van der Waals surface area (Å²) in [5.74, 6) is -4.62. The second-order valence-corrected chi connectivity index (χ2v) is 6.44. The third-order valence-electron chi connectivity index (χ3n) is 4.19. The van der Waals surface area contributed by atoms with E-state index in [1.54, 1.807) is 0 Å². The van der Waals surface area contributed by atoms with Crippen LogP contribution in [0.1, 0.15) is 23.0 Å². The molecule has 0 aliphatic carbocycles. The summed E-state index contributed by atoms with van der Waals surface area (Å²) in [5.41, 5.74) is 4.71. The van der Waals surface area contributed by atoms with Gasteiger partial charge in [-0.05, 0) is 6.07 Å². The van der Waals surface area contributed by atoms with Gasteiger partial charge in [-0.15, -0.1) is 0 Å². The topological polar surface area (TPSA) is 101 Å². The molecule has 0 radical (unpaired) electrons. The number of nitrogens with two attached hydrogens (primary N) is 1. The third-order valence-corrected chi connectivity index (χ3v) is 4.54. The normalized spacial score (nSPS) is 17.9. The van der Waals surface area contributed by atoms with E-state index in [9.17, 15) is 31.5 Å². The summed E-state index contributed by atoms with van der Waals surface area (Å²) >= 11 is 5.60. The van der Waals surface area contributed by atoms with Gasteiger partial charge in [0, 0.05) is 23.5 Å². The SMILES string of the molecule is NC(=O)C1CN([C@@H](c2cnc(C(F)(F)F)nc2)c2ccc(F)c(Cl)c2F)C(=O)N1. The number of benzene rings is 1. The molecule has 13 heteroatoms. The number of hydrogen-bond donors (Lipinski definition) is 2. The van der Waals surface area contributed by atoms with Crippen molar-refractivity contribution in [1.82, 2.24) is 20.2 Å². The number of rotatable bonds is 4. The highest BCUT2D eigenvalue weighted by molar-refractivity contribution is 6.31. The molecule has 1 saturated heterocycles. The van der Waals surface area contributed by atoms with Crippen LogP contribution in [0.4, 0.5) is 26.7 Å². The Morgan fingerprint density at radius 2 is 1.90 bits per heavy atom. The van der Waals surface area contributed by atoms with Gasteiger partial charge in [0.15, 0.2) is 0 Å². The predicted molar refractivity (Wildman–Crippen MR) is 88.5 cm³/mol. The number of hydrogen-bond acceptors (Lipinski definition) is 4. The second-order valence-electron chi connectivity index (χ2n) is 6.06. The lowest BCUT2D eigenvalue weighted by Gasteiger charge is -2.28. The first-order chi connectivity index (χ1) is 13.5. The number of nitrogens with one attached hydrogen (secondary N) is 1. The Morgan fingerprint density at radius 3 is 2.41 bits per heavy atom. The third kappa shape index (κ3) is 3.92. The van der Waals surface area contributed by atoms with Gasteiger partial charge in [-0.3, -0.25) is 4.79 Å². The van der Waals surface area contributed by atoms with E-state index in [4.69, 9.17) is 17.3 Å². The lowest BCUT2D eigenvalue weighted by molar-refractivity contribution is -0.145. The quantitative estimate of drug-likeness (QED) is 0.569. The molecule has 1 aromatic carbocycles. The molecule has 2 atom stereocenters. The molecule has 29 heavy (non-hydrogen) atoms. The van der Waals surface area contributed by atoms with Crippen LogP contribution in [0.2, 0.25) is 5.02 Å². The van der Waals surface area contributed by atoms with E-state index in [0.717, 1.165) is 29.4 Å². The molecule has 7 nitrogen and oxygen atoms in total. The Labute approximate surface area is 164 Å². The first-order valence-corrected chi connectivity index (χ1v) is 8.27. The number of primary amides is 1. The fraction of sp³-hybridized carbons (Fsp3) is 0.250. The highest BCUT2D eigenvalue weighted by atomic mass is 35.5. The maximum Gasteiger partial charge on any atom is 0.451 e. The van der Waals surface area contributed by atoms with Crippen LogP contribution < -0.4 is 11.1 Å². The molecule has 0 spiro atoms. The van der Waals surface area contributed by atoms with Gasteiger partial charge in [0.25, 0.3) is 0 Å². The average molecular weight is 436 g/mol. The molecular weight excluding hydrogens is 425 g/mol. The summed E-state index contributed by atoms with van der Waals surface area (Å²) in [5, 5.41) is 1.40. The van der Waals surface area contributed by atoms with E-state index in [0.29, 0.717) is 0 Å². The summed E-state index contributed by atoms with van der Waals surface area (Å²) in [6.45, 7) is -0.325. The van der Waals surface area contributed by atoms with Crippen molar-refractivity contribution in [3.63, 3.8) is 0 Å². The van der Waals surface area contributed by atoms with Crippen molar-refractivity contribution in [2.75, 3.05) is 6.54 Å². The molecule has 1 aromatic heterocycles. The summed E-state index contributed by atoms with van der Waals surface area (Å²) in [4.78, 5) is 31.1. The molecular formula is C16H11ClF5N5O2. The molecule has 0 saturated carbocycles. The van der Waals surface area contributed by atoms with E-state index in [2.05, 4.69) is 15.3 Å². The van der Waals surface area contributed by atoms with Crippen LogP contribution in [0.25, 0.3) is 0 Å². The van der Waals surface area contributed by atoms with E-state index < -0.39 is 52.7 Å². The summed E-state index contributed by atoms with van der Waals surface area (Å²) in [6.07, 6.45) is -3.31. The van der Waals surface area contributed by atoms with Crippen molar-refractivity contribution in [2.45, 2.75) is 18.3 Å². The van der Waals surface area contributed by atoms with Gasteiger partial charge in [-0.2, -0.15) is 13.2 Å². The van der Waals surface area contributed by atoms with Crippen molar-refractivity contribution < 1.29 is 31.5 Å². The number of carbonyl (C=O) groups is 2. The van der Waals surface area contributed by atoms with Crippen LogP contribution in [0.3, 0.4) is 0 Å². The summed E-state index contributed by atoms with van der Waals surface area (Å²) < 4.78 is 66.4.